The van der Waals surface area contributed by atoms with Gasteiger partial charge >= 0.3 is 5.97 Å². The summed E-state index contributed by atoms with van der Waals surface area (Å²) in [5, 5.41) is 8.88. The largest absolute Gasteiger partial charge is 0.481 e. The fourth-order valence-electron chi connectivity index (χ4n) is 0.788. The number of ether oxygens (including phenoxy) is 2. The van der Waals surface area contributed by atoms with E-state index in [9.17, 15) is 4.79 Å². The number of aliphatic carboxylic acids is 1. The molecule has 0 atom stereocenters. The van der Waals surface area contributed by atoms with E-state index in [1.165, 1.54) is 14.2 Å². The maximum absolute atomic E-state index is 10.8. The second-order valence-electron chi connectivity index (χ2n) is 3.28. The van der Waals surface area contributed by atoms with Gasteiger partial charge in [-0.2, -0.15) is 0 Å². The Morgan fingerprint density at radius 1 is 1.17 bits per heavy atom. The molecule has 0 fully saturated rings. The van der Waals surface area contributed by atoms with Gasteiger partial charge in [-0.1, -0.05) is 0 Å². The van der Waals surface area contributed by atoms with Gasteiger partial charge in [0.25, 0.3) is 0 Å². The second-order valence-corrected chi connectivity index (χ2v) is 3.28. The summed E-state index contributed by atoms with van der Waals surface area (Å²) >= 11 is 0. The molecule has 4 heteroatoms. The van der Waals surface area contributed by atoms with Crippen molar-refractivity contribution < 1.29 is 19.4 Å². The summed E-state index contributed by atoms with van der Waals surface area (Å²) < 4.78 is 10.0. The van der Waals surface area contributed by atoms with Gasteiger partial charge < -0.3 is 14.6 Å². The Labute approximate surface area is 72.5 Å². The van der Waals surface area contributed by atoms with Crippen LogP contribution in [0.2, 0.25) is 0 Å². The normalized spacial score (nSPS) is 13.1. The monoisotopic (exact) mass is 176 g/mol. The van der Waals surface area contributed by atoms with Crippen LogP contribution in [0, 0.1) is 5.41 Å². The molecule has 0 bridgehead atoms. The van der Waals surface area contributed by atoms with E-state index >= 15 is 0 Å². The van der Waals surface area contributed by atoms with Gasteiger partial charge in [0.1, 0.15) is 5.41 Å². The third-order valence-electron chi connectivity index (χ3n) is 2.45. The highest BCUT2D eigenvalue weighted by molar-refractivity contribution is 5.74. The maximum Gasteiger partial charge on any atom is 0.314 e. The highest BCUT2D eigenvalue weighted by atomic mass is 16.7. The minimum atomic E-state index is -1.10. The smallest absolute Gasteiger partial charge is 0.314 e. The highest BCUT2D eigenvalue weighted by Crippen LogP contribution is 2.34. The van der Waals surface area contributed by atoms with Gasteiger partial charge in [0, 0.05) is 14.2 Å². The summed E-state index contributed by atoms with van der Waals surface area (Å²) in [6.45, 7) is 4.71. The molecular weight excluding hydrogens is 160 g/mol. The molecule has 12 heavy (non-hydrogen) atoms. The topological polar surface area (TPSA) is 55.8 Å². The first-order valence-corrected chi connectivity index (χ1v) is 3.65. The van der Waals surface area contributed by atoms with Gasteiger partial charge in [-0.25, -0.2) is 0 Å². The minimum absolute atomic E-state index is 0.950. The predicted octanol–water partition coefficient (Wildman–Crippen LogP) is 1.11. The van der Waals surface area contributed by atoms with Crippen LogP contribution in [0.15, 0.2) is 0 Å². The van der Waals surface area contributed by atoms with E-state index in [4.69, 9.17) is 14.6 Å². The zero-order valence-corrected chi connectivity index (χ0v) is 8.17. The van der Waals surface area contributed by atoms with Crippen LogP contribution in [0.3, 0.4) is 0 Å². The van der Waals surface area contributed by atoms with Crippen LogP contribution in [0.1, 0.15) is 20.8 Å². The van der Waals surface area contributed by atoms with Crippen LogP contribution < -0.4 is 0 Å². The molecule has 4 nitrogen and oxygen atoms in total. The third kappa shape index (κ3) is 1.59. The van der Waals surface area contributed by atoms with Gasteiger partial charge in [0.15, 0.2) is 5.79 Å². The van der Waals surface area contributed by atoms with Gasteiger partial charge in [-0.15, -0.1) is 0 Å². The van der Waals surface area contributed by atoms with Crippen molar-refractivity contribution in [2.75, 3.05) is 14.2 Å². The van der Waals surface area contributed by atoms with Crippen molar-refractivity contribution in [3.63, 3.8) is 0 Å². The maximum atomic E-state index is 10.8. The standard InChI is InChI=1S/C8H16O4/c1-7(2,6(9)10)8(3,11-4)12-5/h1-5H3,(H,9,10). The molecule has 0 spiro atoms. The second kappa shape index (κ2) is 3.41. The van der Waals surface area contributed by atoms with Crippen molar-refractivity contribution in [3.05, 3.63) is 0 Å². The van der Waals surface area contributed by atoms with Crippen molar-refractivity contribution in [1.82, 2.24) is 0 Å². The van der Waals surface area contributed by atoms with Crippen molar-refractivity contribution >= 4 is 5.97 Å². The Balaban J connectivity index is 4.83. The fraction of sp³-hybridized carbons (Fsp3) is 0.875. The Morgan fingerprint density at radius 2 is 1.50 bits per heavy atom. The molecular formula is C8H16O4. The molecule has 0 radical (unpaired) electrons. The first-order chi connectivity index (χ1) is 5.31. The van der Waals surface area contributed by atoms with E-state index in [0.717, 1.165) is 0 Å². The zero-order chi connectivity index (χ0) is 9.99. The first kappa shape index (κ1) is 11.4. The van der Waals surface area contributed by atoms with Crippen LogP contribution in [-0.4, -0.2) is 31.1 Å². The quantitative estimate of drug-likeness (QED) is 0.652. The summed E-state index contributed by atoms with van der Waals surface area (Å²) in [5.74, 6) is -2.05. The number of hydrogen-bond donors (Lipinski definition) is 1. The van der Waals surface area contributed by atoms with Gasteiger partial charge in [-0.05, 0) is 20.8 Å². The Morgan fingerprint density at radius 3 is 1.58 bits per heavy atom. The van der Waals surface area contributed by atoms with Crippen LogP contribution >= 0.6 is 0 Å². The molecule has 0 heterocycles. The van der Waals surface area contributed by atoms with E-state index in [1.54, 1.807) is 20.8 Å². The molecule has 0 aliphatic carbocycles. The van der Waals surface area contributed by atoms with E-state index in [0.29, 0.717) is 0 Å². The zero-order valence-electron chi connectivity index (χ0n) is 8.17. The molecule has 0 aliphatic heterocycles. The van der Waals surface area contributed by atoms with Crippen LogP contribution in [0.4, 0.5) is 0 Å². The van der Waals surface area contributed by atoms with Crippen molar-refractivity contribution in [1.29, 1.82) is 0 Å². The molecule has 0 aromatic heterocycles. The molecule has 0 saturated carbocycles. The average Bonchev–Trinajstić information content (AvgIpc) is 2.02. The molecule has 0 amide bonds. The Hall–Kier alpha value is -0.610. The van der Waals surface area contributed by atoms with Crippen LogP contribution in [0.25, 0.3) is 0 Å². The van der Waals surface area contributed by atoms with E-state index in [-0.39, 0.29) is 0 Å². The number of carboxylic acid groups (broad SMARTS) is 1. The Bertz CT molecular complexity index is 170. The Kier molecular flexibility index (Phi) is 3.24. The molecule has 0 aliphatic rings. The molecule has 0 aromatic rings. The molecule has 0 rings (SSSR count). The van der Waals surface area contributed by atoms with E-state index < -0.39 is 17.2 Å². The highest BCUT2D eigenvalue weighted by Gasteiger charge is 2.47. The van der Waals surface area contributed by atoms with Gasteiger partial charge in [0.2, 0.25) is 0 Å². The SMILES string of the molecule is COC(C)(OC)C(C)(C)C(=O)O. The number of methoxy groups -OCH3 is 2. The first-order valence-electron chi connectivity index (χ1n) is 3.65. The van der Waals surface area contributed by atoms with Gasteiger partial charge in [0.05, 0.1) is 0 Å². The molecule has 0 unspecified atom stereocenters. The number of carbonyl (C=O) groups is 1. The molecule has 72 valence electrons. The number of carboxylic acids is 1. The predicted molar refractivity (Wildman–Crippen MR) is 43.8 cm³/mol. The lowest BCUT2D eigenvalue weighted by Gasteiger charge is -2.38. The summed E-state index contributed by atoms with van der Waals surface area (Å²) in [6, 6.07) is 0. The third-order valence-corrected chi connectivity index (χ3v) is 2.45. The summed E-state index contributed by atoms with van der Waals surface area (Å²) in [6.07, 6.45) is 0. The minimum Gasteiger partial charge on any atom is -0.481 e. The fourth-order valence-corrected chi connectivity index (χ4v) is 0.788. The van der Waals surface area contributed by atoms with Crippen molar-refractivity contribution in [2.24, 2.45) is 5.41 Å². The lowest BCUT2D eigenvalue weighted by Crippen LogP contribution is -2.50. The van der Waals surface area contributed by atoms with Crippen LogP contribution in [-0.2, 0) is 14.3 Å². The average molecular weight is 176 g/mol. The van der Waals surface area contributed by atoms with Crippen LogP contribution in [0.5, 0.6) is 0 Å². The lowest BCUT2D eigenvalue weighted by atomic mass is 9.84. The van der Waals surface area contributed by atoms with E-state index in [2.05, 4.69) is 0 Å². The van der Waals surface area contributed by atoms with Crippen molar-refractivity contribution in [2.45, 2.75) is 26.6 Å². The molecule has 0 saturated heterocycles. The summed E-state index contributed by atoms with van der Waals surface area (Å²) in [7, 11) is 2.85. The molecule has 1 N–H and O–H groups in total. The van der Waals surface area contributed by atoms with Crippen molar-refractivity contribution in [3.8, 4) is 0 Å². The molecule has 0 aromatic carbocycles. The summed E-state index contributed by atoms with van der Waals surface area (Å²) in [4.78, 5) is 10.8. The lowest BCUT2D eigenvalue weighted by molar-refractivity contribution is -0.256. The number of rotatable bonds is 4. The number of hydrogen-bond acceptors (Lipinski definition) is 3. The van der Waals surface area contributed by atoms with Gasteiger partial charge in [-0.3, -0.25) is 4.79 Å². The summed E-state index contributed by atoms with van der Waals surface area (Å²) in [5.41, 5.74) is -1.07. The van der Waals surface area contributed by atoms with E-state index in [1.807, 2.05) is 0 Å².